The molecule has 0 bridgehead atoms. The second kappa shape index (κ2) is 12.5. The molecule has 1 aromatic heterocycles. The summed E-state index contributed by atoms with van der Waals surface area (Å²) in [5, 5.41) is 0. The molecule has 0 radical (unpaired) electrons. The Hall–Kier alpha value is -3.63. The summed E-state index contributed by atoms with van der Waals surface area (Å²) >= 11 is 4.78. The Labute approximate surface area is 238 Å². The molecule has 39 heavy (non-hydrogen) atoms. The Bertz CT molecular complexity index is 1620. The fourth-order valence-corrected chi connectivity index (χ4v) is 5.87. The van der Waals surface area contributed by atoms with Crippen molar-refractivity contribution in [3.05, 3.63) is 95.6 Å². The summed E-state index contributed by atoms with van der Waals surface area (Å²) in [6.07, 6.45) is 3.45. The lowest BCUT2D eigenvalue weighted by Crippen LogP contribution is -2.39. The number of benzene rings is 2. The van der Waals surface area contributed by atoms with Gasteiger partial charge in [0, 0.05) is 0 Å². The predicted octanol–water partition coefficient (Wildman–Crippen LogP) is 4.53. The van der Waals surface area contributed by atoms with Crippen LogP contribution in [0.15, 0.2) is 74.6 Å². The fraction of sp³-hybridized carbons (Fsp3) is 0.276. The minimum Gasteiger partial charge on any atom is -0.496 e. The summed E-state index contributed by atoms with van der Waals surface area (Å²) in [5.74, 6) is 1.29. The van der Waals surface area contributed by atoms with Gasteiger partial charge in [-0.25, -0.2) is 9.79 Å². The first-order valence-electron chi connectivity index (χ1n) is 12.4. The summed E-state index contributed by atoms with van der Waals surface area (Å²) in [7, 11) is 1.58. The van der Waals surface area contributed by atoms with Crippen LogP contribution in [0, 0.1) is 0 Å². The average molecular weight is 614 g/mol. The maximum atomic E-state index is 13.9. The molecule has 2 heterocycles. The maximum absolute atomic E-state index is 13.9. The first-order valence-corrected chi connectivity index (χ1v) is 14.0. The van der Waals surface area contributed by atoms with E-state index in [1.54, 1.807) is 49.8 Å². The highest BCUT2D eigenvalue weighted by atomic mass is 79.9. The second-order valence-corrected chi connectivity index (χ2v) is 10.3. The number of methoxy groups -OCH3 is 1. The van der Waals surface area contributed by atoms with Gasteiger partial charge in [-0.3, -0.25) is 9.36 Å². The highest BCUT2D eigenvalue weighted by Crippen LogP contribution is 2.35. The van der Waals surface area contributed by atoms with Gasteiger partial charge in [-0.15, -0.1) is 0 Å². The minimum absolute atomic E-state index is 0.202. The van der Waals surface area contributed by atoms with Crippen molar-refractivity contribution in [1.29, 1.82) is 0 Å². The van der Waals surface area contributed by atoms with Gasteiger partial charge >= 0.3 is 5.97 Å². The smallest absolute Gasteiger partial charge is 0.338 e. The van der Waals surface area contributed by atoms with E-state index in [-0.39, 0.29) is 12.2 Å². The number of carbonyl (C=O) groups excluding carboxylic acids is 1. The summed E-state index contributed by atoms with van der Waals surface area (Å²) in [6, 6.07) is 10.2. The van der Waals surface area contributed by atoms with Gasteiger partial charge in [0.25, 0.3) is 5.56 Å². The summed E-state index contributed by atoms with van der Waals surface area (Å²) in [6.45, 7) is 10.1. The van der Waals surface area contributed by atoms with Crippen molar-refractivity contribution >= 4 is 39.3 Å². The molecular weight excluding hydrogens is 584 g/mol. The molecule has 204 valence electrons. The van der Waals surface area contributed by atoms with E-state index in [4.69, 9.17) is 18.9 Å². The number of rotatable bonds is 10. The molecule has 0 saturated carbocycles. The molecule has 0 aliphatic carbocycles. The summed E-state index contributed by atoms with van der Waals surface area (Å²) in [4.78, 5) is 32.1. The van der Waals surface area contributed by atoms with Gasteiger partial charge in [0.05, 0.1) is 46.6 Å². The molecule has 8 nitrogen and oxygen atoms in total. The van der Waals surface area contributed by atoms with Crippen LogP contribution in [0.4, 0.5) is 0 Å². The number of allylic oxidation sites excluding steroid dienone is 1. The van der Waals surface area contributed by atoms with Gasteiger partial charge in [0.2, 0.25) is 0 Å². The van der Waals surface area contributed by atoms with E-state index in [2.05, 4.69) is 27.5 Å². The number of ether oxygens (including phenoxy) is 4. The Morgan fingerprint density at radius 2 is 1.90 bits per heavy atom. The molecule has 4 rings (SSSR count). The van der Waals surface area contributed by atoms with Crippen LogP contribution in [-0.2, 0) is 9.53 Å². The molecule has 1 aliphatic rings. The molecule has 3 aromatic rings. The zero-order valence-electron chi connectivity index (χ0n) is 22.2. The fourth-order valence-electron chi connectivity index (χ4n) is 4.26. The molecule has 0 N–H and O–H groups in total. The van der Waals surface area contributed by atoms with Crippen molar-refractivity contribution < 1.29 is 23.7 Å². The lowest BCUT2D eigenvalue weighted by Gasteiger charge is -2.25. The van der Waals surface area contributed by atoms with E-state index < -0.39 is 12.0 Å². The second-order valence-electron chi connectivity index (χ2n) is 8.44. The number of nitrogens with zero attached hydrogens (tertiary/aromatic N) is 2. The molecular formula is C29H29BrN2O6S. The summed E-state index contributed by atoms with van der Waals surface area (Å²) < 4.78 is 24.9. The molecule has 10 heteroatoms. The quantitative estimate of drug-likeness (QED) is 0.247. The van der Waals surface area contributed by atoms with Crippen molar-refractivity contribution in [2.45, 2.75) is 26.8 Å². The predicted molar refractivity (Wildman–Crippen MR) is 154 cm³/mol. The highest BCUT2D eigenvalue weighted by molar-refractivity contribution is 9.10. The number of aromatic nitrogens is 1. The van der Waals surface area contributed by atoms with Crippen LogP contribution in [0.3, 0.4) is 0 Å². The zero-order chi connectivity index (χ0) is 28.1. The third-order valence-corrected chi connectivity index (χ3v) is 7.53. The van der Waals surface area contributed by atoms with Crippen LogP contribution in [0.5, 0.6) is 17.2 Å². The van der Waals surface area contributed by atoms with Gasteiger partial charge in [0.1, 0.15) is 12.4 Å². The van der Waals surface area contributed by atoms with Crippen LogP contribution < -0.4 is 29.1 Å². The van der Waals surface area contributed by atoms with E-state index >= 15 is 0 Å². The van der Waals surface area contributed by atoms with Gasteiger partial charge < -0.3 is 18.9 Å². The molecule has 0 saturated heterocycles. The van der Waals surface area contributed by atoms with Crippen molar-refractivity contribution in [3.8, 4) is 17.2 Å². The molecule has 0 spiro atoms. The topological polar surface area (TPSA) is 88.4 Å². The number of carbonyl (C=O) groups is 1. The van der Waals surface area contributed by atoms with Gasteiger partial charge in [-0.2, -0.15) is 0 Å². The standard InChI is InChI=1S/C29H29BrN2O6S/c1-6-13-38-22-11-9-18(14-23(22)36-7-2)15-24-27(33)32-26(19-10-12-21(35-5)20(30)16-19)25(28(34)37-8-3)17(4)31-29(32)39-24/h6,9-12,14-16,26H,1,7-8,13H2,2-5H3/b24-15+/t26-/m1/s1. The van der Waals surface area contributed by atoms with Crippen LogP contribution in [0.1, 0.15) is 37.9 Å². The van der Waals surface area contributed by atoms with Gasteiger partial charge in [-0.05, 0) is 78.2 Å². The zero-order valence-corrected chi connectivity index (χ0v) is 24.6. The highest BCUT2D eigenvalue weighted by Gasteiger charge is 2.33. The molecule has 1 aliphatic heterocycles. The third kappa shape index (κ3) is 5.86. The van der Waals surface area contributed by atoms with Crippen molar-refractivity contribution in [2.75, 3.05) is 26.9 Å². The van der Waals surface area contributed by atoms with E-state index in [0.717, 1.165) is 11.1 Å². The molecule has 0 unspecified atom stereocenters. The molecule has 1 atom stereocenters. The van der Waals surface area contributed by atoms with E-state index in [0.29, 0.717) is 55.5 Å². The number of hydrogen-bond donors (Lipinski definition) is 0. The summed E-state index contributed by atoms with van der Waals surface area (Å²) in [5.41, 5.74) is 2.03. The largest absolute Gasteiger partial charge is 0.496 e. The lowest BCUT2D eigenvalue weighted by molar-refractivity contribution is -0.139. The first-order chi connectivity index (χ1) is 18.8. The molecule has 0 amide bonds. The van der Waals surface area contributed by atoms with E-state index in [9.17, 15) is 9.59 Å². The Kier molecular flexibility index (Phi) is 9.08. The number of halogens is 1. The van der Waals surface area contributed by atoms with Crippen LogP contribution >= 0.6 is 27.3 Å². The average Bonchev–Trinajstić information content (AvgIpc) is 3.21. The SMILES string of the molecule is C=CCOc1ccc(/C=c2/sc3n(c2=O)[C@H](c2ccc(OC)c(Br)c2)C(C(=O)OCC)=C(C)N=3)cc1OCC. The normalized spacial score (nSPS) is 14.9. The van der Waals surface area contributed by atoms with Gasteiger partial charge in [-0.1, -0.05) is 36.1 Å². The lowest BCUT2D eigenvalue weighted by atomic mass is 9.96. The maximum Gasteiger partial charge on any atom is 0.338 e. The number of hydrogen-bond acceptors (Lipinski definition) is 8. The first kappa shape index (κ1) is 28.4. The van der Waals surface area contributed by atoms with Crippen molar-refractivity contribution in [1.82, 2.24) is 4.57 Å². The van der Waals surface area contributed by atoms with Crippen molar-refractivity contribution in [2.24, 2.45) is 4.99 Å². The van der Waals surface area contributed by atoms with Crippen LogP contribution in [0.25, 0.3) is 6.08 Å². The van der Waals surface area contributed by atoms with E-state index in [1.807, 2.05) is 31.2 Å². The Morgan fingerprint density at radius 1 is 1.13 bits per heavy atom. The van der Waals surface area contributed by atoms with Crippen LogP contribution in [0.2, 0.25) is 0 Å². The Balaban J connectivity index is 1.89. The third-order valence-electron chi connectivity index (χ3n) is 5.93. The number of esters is 1. The Morgan fingerprint density at radius 3 is 2.56 bits per heavy atom. The number of fused-ring (bicyclic) bond motifs is 1. The minimum atomic E-state index is -0.724. The van der Waals surface area contributed by atoms with Gasteiger partial charge in [0.15, 0.2) is 16.3 Å². The molecule has 2 aromatic carbocycles. The molecule has 0 fully saturated rings. The van der Waals surface area contributed by atoms with Crippen molar-refractivity contribution in [3.63, 3.8) is 0 Å². The van der Waals surface area contributed by atoms with Crippen LogP contribution in [-0.4, -0.2) is 37.5 Å². The monoisotopic (exact) mass is 612 g/mol. The van der Waals surface area contributed by atoms with E-state index in [1.165, 1.54) is 11.3 Å². The number of thiazole rings is 1.